The molecule has 0 atom stereocenters. The summed E-state index contributed by atoms with van der Waals surface area (Å²) in [5, 5.41) is 2.81. The fourth-order valence-corrected chi connectivity index (χ4v) is 2.60. The van der Waals surface area contributed by atoms with Crippen LogP contribution in [0.5, 0.6) is 0 Å². The number of hydrogen-bond donors (Lipinski definition) is 1. The number of rotatable bonds is 3. The number of amides is 2. The number of nitrogens with zero attached hydrogens (tertiary/aromatic N) is 1. The van der Waals surface area contributed by atoms with Crippen molar-refractivity contribution in [1.82, 2.24) is 10.2 Å². The molecule has 2 rings (SSSR count). The van der Waals surface area contributed by atoms with Crippen LogP contribution in [-0.2, 0) is 16.0 Å². The molecule has 1 N–H and O–H groups in total. The Morgan fingerprint density at radius 2 is 2.05 bits per heavy atom. The van der Waals surface area contributed by atoms with Crippen molar-refractivity contribution in [3.63, 3.8) is 0 Å². The minimum atomic E-state index is -0.749. The van der Waals surface area contributed by atoms with Gasteiger partial charge in [-0.2, -0.15) is 0 Å². The highest BCUT2D eigenvalue weighted by Gasteiger charge is 2.39. The molecule has 1 aliphatic rings. The van der Waals surface area contributed by atoms with E-state index in [2.05, 4.69) is 24.4 Å². The highest BCUT2D eigenvalue weighted by molar-refractivity contribution is 5.91. The molecule has 108 valence electrons. The molecule has 0 unspecified atom stereocenters. The van der Waals surface area contributed by atoms with Gasteiger partial charge in [0, 0.05) is 19.5 Å². The Hall–Kier alpha value is -1.84. The second-order valence-corrected chi connectivity index (χ2v) is 5.79. The Morgan fingerprint density at radius 1 is 1.35 bits per heavy atom. The summed E-state index contributed by atoms with van der Waals surface area (Å²) >= 11 is 0. The maximum atomic E-state index is 12.4. The second-order valence-electron chi connectivity index (χ2n) is 5.79. The molecule has 0 spiro atoms. The van der Waals surface area contributed by atoms with Crippen LogP contribution in [0, 0.1) is 6.92 Å². The van der Waals surface area contributed by atoms with Gasteiger partial charge < -0.3 is 10.2 Å². The lowest BCUT2D eigenvalue weighted by Crippen LogP contribution is -2.63. The van der Waals surface area contributed by atoms with Gasteiger partial charge in [-0.05, 0) is 38.3 Å². The van der Waals surface area contributed by atoms with E-state index < -0.39 is 5.54 Å². The van der Waals surface area contributed by atoms with E-state index in [0.29, 0.717) is 19.5 Å². The van der Waals surface area contributed by atoms with E-state index in [9.17, 15) is 9.59 Å². The molecular weight excluding hydrogens is 252 g/mol. The lowest BCUT2D eigenvalue weighted by molar-refractivity contribution is -0.149. The average Bonchev–Trinajstić information content (AvgIpc) is 2.40. The van der Waals surface area contributed by atoms with E-state index in [1.807, 2.05) is 12.1 Å². The van der Waals surface area contributed by atoms with E-state index in [4.69, 9.17) is 0 Å². The van der Waals surface area contributed by atoms with E-state index in [0.717, 1.165) is 6.42 Å². The van der Waals surface area contributed by atoms with Gasteiger partial charge in [0.1, 0.15) is 5.54 Å². The van der Waals surface area contributed by atoms with E-state index >= 15 is 0 Å². The van der Waals surface area contributed by atoms with Crippen LogP contribution >= 0.6 is 0 Å². The highest BCUT2D eigenvalue weighted by atomic mass is 16.2. The Bertz CT molecular complexity index is 523. The van der Waals surface area contributed by atoms with E-state index in [-0.39, 0.29) is 11.8 Å². The third-order valence-electron chi connectivity index (χ3n) is 4.02. The van der Waals surface area contributed by atoms with Gasteiger partial charge in [-0.15, -0.1) is 0 Å². The van der Waals surface area contributed by atoms with Gasteiger partial charge in [-0.25, -0.2) is 0 Å². The van der Waals surface area contributed by atoms with Crippen molar-refractivity contribution in [1.29, 1.82) is 0 Å². The van der Waals surface area contributed by atoms with Crippen molar-refractivity contribution in [2.45, 2.75) is 39.2 Å². The molecule has 1 heterocycles. The fraction of sp³-hybridized carbons (Fsp3) is 0.500. The summed E-state index contributed by atoms with van der Waals surface area (Å²) in [6.45, 7) is 6.78. The Morgan fingerprint density at radius 3 is 2.75 bits per heavy atom. The van der Waals surface area contributed by atoms with Crippen LogP contribution < -0.4 is 5.32 Å². The monoisotopic (exact) mass is 274 g/mol. The summed E-state index contributed by atoms with van der Waals surface area (Å²) in [7, 11) is 0. The van der Waals surface area contributed by atoms with Gasteiger partial charge >= 0.3 is 0 Å². The first-order valence-electron chi connectivity index (χ1n) is 7.06. The number of hydrogen-bond acceptors (Lipinski definition) is 2. The van der Waals surface area contributed by atoms with Gasteiger partial charge in [-0.3, -0.25) is 9.59 Å². The number of carbonyl (C=O) groups is 2. The van der Waals surface area contributed by atoms with Crippen LogP contribution in [0.15, 0.2) is 24.3 Å². The van der Waals surface area contributed by atoms with Gasteiger partial charge in [0.2, 0.25) is 11.8 Å². The number of benzene rings is 1. The maximum absolute atomic E-state index is 12.4. The van der Waals surface area contributed by atoms with Gasteiger partial charge in [0.25, 0.3) is 0 Å². The molecule has 2 amide bonds. The Labute approximate surface area is 120 Å². The lowest BCUT2D eigenvalue weighted by atomic mass is 9.97. The van der Waals surface area contributed by atoms with Gasteiger partial charge in [0.05, 0.1) is 0 Å². The third kappa shape index (κ3) is 2.84. The largest absolute Gasteiger partial charge is 0.352 e. The van der Waals surface area contributed by atoms with Crippen molar-refractivity contribution in [3.8, 4) is 0 Å². The highest BCUT2D eigenvalue weighted by Crippen LogP contribution is 2.20. The predicted octanol–water partition coefficient (Wildman–Crippen LogP) is 1.66. The quantitative estimate of drug-likeness (QED) is 0.911. The summed E-state index contributed by atoms with van der Waals surface area (Å²) < 4.78 is 0. The lowest BCUT2D eigenvalue weighted by Gasteiger charge is -2.41. The molecule has 1 aromatic rings. The molecule has 0 radical (unpaired) electrons. The minimum Gasteiger partial charge on any atom is -0.352 e. The molecule has 0 aromatic heterocycles. The van der Waals surface area contributed by atoms with Crippen LogP contribution in [0.2, 0.25) is 0 Å². The smallest absolute Gasteiger partial charge is 0.245 e. The summed E-state index contributed by atoms with van der Waals surface area (Å²) in [5.41, 5.74) is 1.65. The summed E-state index contributed by atoms with van der Waals surface area (Å²) in [6, 6.07) is 8.10. The molecule has 4 nitrogen and oxygen atoms in total. The molecule has 4 heteroatoms. The van der Waals surface area contributed by atoms with Gasteiger partial charge in [-0.1, -0.05) is 24.3 Å². The van der Waals surface area contributed by atoms with Crippen LogP contribution in [0.4, 0.5) is 0 Å². The Kier molecular flexibility index (Phi) is 4.12. The minimum absolute atomic E-state index is 0.0492. The third-order valence-corrected chi connectivity index (χ3v) is 4.02. The predicted molar refractivity (Wildman–Crippen MR) is 78.3 cm³/mol. The molecule has 1 aromatic carbocycles. The first-order chi connectivity index (χ1) is 9.43. The van der Waals surface area contributed by atoms with Crippen LogP contribution in [0.1, 0.15) is 31.4 Å². The maximum Gasteiger partial charge on any atom is 0.245 e. The van der Waals surface area contributed by atoms with Gasteiger partial charge in [0.15, 0.2) is 0 Å². The molecular formula is C16H22N2O2. The second kappa shape index (κ2) is 5.65. The first kappa shape index (κ1) is 14.6. The molecule has 0 saturated carbocycles. The average molecular weight is 274 g/mol. The Balaban J connectivity index is 2.02. The first-order valence-corrected chi connectivity index (χ1v) is 7.06. The zero-order valence-corrected chi connectivity index (χ0v) is 12.4. The van der Waals surface area contributed by atoms with Crippen LogP contribution in [-0.4, -0.2) is 35.3 Å². The van der Waals surface area contributed by atoms with E-state index in [1.165, 1.54) is 11.1 Å². The summed E-state index contributed by atoms with van der Waals surface area (Å²) in [4.78, 5) is 25.9. The standard InChI is InChI=1S/C16H22N2O2/c1-12-6-4-5-7-13(12)8-9-14(19)18-11-10-17-15(20)16(18,2)3/h4-7H,8-11H2,1-3H3,(H,17,20). The van der Waals surface area contributed by atoms with Crippen molar-refractivity contribution in [3.05, 3.63) is 35.4 Å². The van der Waals surface area contributed by atoms with Crippen molar-refractivity contribution in [2.24, 2.45) is 0 Å². The normalized spacial score (nSPS) is 17.8. The van der Waals surface area contributed by atoms with Crippen molar-refractivity contribution >= 4 is 11.8 Å². The number of piperazine rings is 1. The zero-order valence-electron chi connectivity index (χ0n) is 12.4. The van der Waals surface area contributed by atoms with Crippen LogP contribution in [0.3, 0.4) is 0 Å². The summed E-state index contributed by atoms with van der Waals surface area (Å²) in [6.07, 6.45) is 1.17. The fourth-order valence-electron chi connectivity index (χ4n) is 2.60. The van der Waals surface area contributed by atoms with E-state index in [1.54, 1.807) is 18.7 Å². The SMILES string of the molecule is Cc1ccccc1CCC(=O)N1CCNC(=O)C1(C)C. The number of nitrogens with one attached hydrogen (secondary N) is 1. The molecule has 20 heavy (non-hydrogen) atoms. The molecule has 1 saturated heterocycles. The zero-order chi connectivity index (χ0) is 14.8. The molecule has 0 bridgehead atoms. The van der Waals surface area contributed by atoms with Crippen molar-refractivity contribution < 1.29 is 9.59 Å². The van der Waals surface area contributed by atoms with Crippen molar-refractivity contribution in [2.75, 3.05) is 13.1 Å². The number of carbonyl (C=O) groups excluding carboxylic acids is 2. The van der Waals surface area contributed by atoms with Crippen LogP contribution in [0.25, 0.3) is 0 Å². The molecule has 1 aliphatic heterocycles. The number of aryl methyl sites for hydroxylation is 2. The summed E-state index contributed by atoms with van der Waals surface area (Å²) in [5.74, 6) is -0.0268. The molecule has 1 fully saturated rings. The molecule has 0 aliphatic carbocycles. The topological polar surface area (TPSA) is 49.4 Å².